The van der Waals surface area contributed by atoms with E-state index in [1.165, 1.54) is 18.9 Å². The van der Waals surface area contributed by atoms with Crippen molar-refractivity contribution in [1.82, 2.24) is 0 Å². The maximum atomic E-state index is 12.4. The molecule has 0 spiro atoms. The summed E-state index contributed by atoms with van der Waals surface area (Å²) in [4.78, 5) is 12.4. The molecule has 0 fully saturated rings. The van der Waals surface area contributed by atoms with Crippen LogP contribution in [0.15, 0.2) is 83.0 Å². The summed E-state index contributed by atoms with van der Waals surface area (Å²) in [5, 5.41) is 8.41. The Morgan fingerprint density at radius 1 is 1.03 bits per heavy atom. The van der Waals surface area contributed by atoms with Crippen molar-refractivity contribution in [1.29, 1.82) is 0 Å². The molecule has 7 heteroatoms. The molecule has 6 nitrogen and oxygen atoms in total. The van der Waals surface area contributed by atoms with Crippen LogP contribution in [-0.4, -0.2) is 24.5 Å². The number of thioether (sulfide) groups is 1. The SMILES string of the molecule is COc1cc(C=NN=C(N)SCc2ccccc2)ccc1OC(=O)c1ccc(C)cc1. The normalized spacial score (nSPS) is 11.5. The van der Waals surface area contributed by atoms with E-state index in [0.29, 0.717) is 22.2 Å². The molecule has 0 heterocycles. The van der Waals surface area contributed by atoms with Gasteiger partial charge in [0.2, 0.25) is 0 Å². The predicted molar refractivity (Wildman–Crippen MR) is 126 cm³/mol. The summed E-state index contributed by atoms with van der Waals surface area (Å²) in [5.74, 6) is 1.01. The van der Waals surface area contributed by atoms with Crippen LogP contribution in [0, 0.1) is 6.92 Å². The standard InChI is InChI=1S/C24H23N3O3S/c1-17-8-11-20(12-9-17)23(28)30-21-13-10-19(14-22(21)29-2)15-26-27-24(25)31-16-18-6-4-3-5-7-18/h3-15H,16H2,1-2H3,(H2,25,27). The third-order valence-corrected chi connectivity index (χ3v) is 5.13. The molecule has 31 heavy (non-hydrogen) atoms. The Morgan fingerprint density at radius 2 is 1.77 bits per heavy atom. The van der Waals surface area contributed by atoms with Crippen molar-refractivity contribution in [3.8, 4) is 11.5 Å². The van der Waals surface area contributed by atoms with E-state index in [9.17, 15) is 4.79 Å². The lowest BCUT2D eigenvalue weighted by Gasteiger charge is -2.10. The van der Waals surface area contributed by atoms with Crippen LogP contribution in [0.1, 0.15) is 27.0 Å². The van der Waals surface area contributed by atoms with Gasteiger partial charge in [0.1, 0.15) is 0 Å². The summed E-state index contributed by atoms with van der Waals surface area (Å²) in [6.45, 7) is 1.96. The van der Waals surface area contributed by atoms with Crippen molar-refractivity contribution in [2.75, 3.05) is 7.11 Å². The van der Waals surface area contributed by atoms with Gasteiger partial charge in [0.15, 0.2) is 16.7 Å². The largest absolute Gasteiger partial charge is 0.493 e. The Morgan fingerprint density at radius 3 is 2.48 bits per heavy atom. The van der Waals surface area contributed by atoms with Crippen molar-refractivity contribution in [2.24, 2.45) is 15.9 Å². The summed E-state index contributed by atoms with van der Waals surface area (Å²) in [6.07, 6.45) is 1.56. The number of carbonyl (C=O) groups excluding carboxylic acids is 1. The first-order valence-corrected chi connectivity index (χ1v) is 10.5. The Hall–Kier alpha value is -3.58. The van der Waals surface area contributed by atoms with Gasteiger partial charge >= 0.3 is 5.97 Å². The molecule has 3 rings (SSSR count). The van der Waals surface area contributed by atoms with Crippen molar-refractivity contribution in [3.63, 3.8) is 0 Å². The fourth-order valence-electron chi connectivity index (χ4n) is 2.61. The van der Waals surface area contributed by atoms with E-state index in [1.807, 2.05) is 49.4 Å². The molecular formula is C24H23N3O3S. The van der Waals surface area contributed by atoms with E-state index < -0.39 is 5.97 Å². The van der Waals surface area contributed by atoms with Crippen LogP contribution in [0.25, 0.3) is 0 Å². The summed E-state index contributed by atoms with van der Waals surface area (Å²) >= 11 is 1.41. The van der Waals surface area contributed by atoms with Gasteiger partial charge < -0.3 is 15.2 Å². The maximum Gasteiger partial charge on any atom is 0.343 e. The Kier molecular flexibility index (Phi) is 7.84. The Labute approximate surface area is 185 Å². The number of esters is 1. The van der Waals surface area contributed by atoms with E-state index in [2.05, 4.69) is 10.2 Å². The highest BCUT2D eigenvalue weighted by molar-refractivity contribution is 8.13. The smallest absolute Gasteiger partial charge is 0.343 e. The lowest BCUT2D eigenvalue weighted by atomic mass is 10.1. The molecule has 0 unspecified atom stereocenters. The van der Waals surface area contributed by atoms with Gasteiger partial charge in [0, 0.05) is 5.75 Å². The second kappa shape index (κ2) is 11.0. The highest BCUT2D eigenvalue weighted by Gasteiger charge is 2.12. The van der Waals surface area contributed by atoms with E-state index in [-0.39, 0.29) is 0 Å². The lowest BCUT2D eigenvalue weighted by Crippen LogP contribution is -2.09. The molecule has 158 valence electrons. The van der Waals surface area contributed by atoms with Gasteiger partial charge in [0.05, 0.1) is 18.9 Å². The number of nitrogens with zero attached hydrogens (tertiary/aromatic N) is 2. The molecule has 0 saturated carbocycles. The van der Waals surface area contributed by atoms with Gasteiger partial charge in [-0.05, 0) is 48.4 Å². The molecule has 0 atom stereocenters. The second-order valence-corrected chi connectivity index (χ2v) is 7.62. The fourth-order valence-corrected chi connectivity index (χ4v) is 3.22. The highest BCUT2D eigenvalue weighted by atomic mass is 32.2. The van der Waals surface area contributed by atoms with Crippen molar-refractivity contribution in [3.05, 3.63) is 95.1 Å². The van der Waals surface area contributed by atoms with Gasteiger partial charge in [-0.3, -0.25) is 0 Å². The first kappa shape index (κ1) is 22.1. The van der Waals surface area contributed by atoms with E-state index in [0.717, 1.165) is 22.4 Å². The van der Waals surface area contributed by atoms with Crippen LogP contribution in [0.2, 0.25) is 0 Å². The minimum absolute atomic E-state index is 0.326. The van der Waals surface area contributed by atoms with E-state index >= 15 is 0 Å². The van der Waals surface area contributed by atoms with Crippen LogP contribution < -0.4 is 15.2 Å². The minimum Gasteiger partial charge on any atom is -0.493 e. The number of aryl methyl sites for hydroxylation is 1. The molecule has 3 aromatic carbocycles. The average molecular weight is 434 g/mol. The Bertz CT molecular complexity index is 1080. The number of amidine groups is 1. The Balaban J connectivity index is 1.62. The number of ether oxygens (including phenoxy) is 2. The minimum atomic E-state index is -0.451. The first-order chi connectivity index (χ1) is 15.0. The zero-order chi connectivity index (χ0) is 22.1. The van der Waals surface area contributed by atoms with Gasteiger partial charge in [-0.25, -0.2) is 4.79 Å². The lowest BCUT2D eigenvalue weighted by molar-refractivity contribution is 0.0729. The summed E-state index contributed by atoms with van der Waals surface area (Å²) in [5.41, 5.74) is 9.34. The van der Waals surface area contributed by atoms with Gasteiger partial charge in [-0.15, -0.1) is 5.10 Å². The molecule has 0 bridgehead atoms. The second-order valence-electron chi connectivity index (χ2n) is 6.62. The number of hydrogen-bond donors (Lipinski definition) is 1. The van der Waals surface area contributed by atoms with Crippen LogP contribution in [0.4, 0.5) is 0 Å². The number of hydrogen-bond acceptors (Lipinski definition) is 6. The van der Waals surface area contributed by atoms with Crippen LogP contribution in [-0.2, 0) is 5.75 Å². The van der Waals surface area contributed by atoms with Gasteiger partial charge in [-0.2, -0.15) is 5.10 Å². The molecule has 3 aromatic rings. The maximum absolute atomic E-state index is 12.4. The number of rotatable bonds is 7. The molecular weight excluding hydrogens is 410 g/mol. The number of methoxy groups -OCH3 is 1. The van der Waals surface area contributed by atoms with Crippen molar-refractivity contribution in [2.45, 2.75) is 12.7 Å². The van der Waals surface area contributed by atoms with Crippen molar-refractivity contribution >= 4 is 29.1 Å². The van der Waals surface area contributed by atoms with E-state index in [4.69, 9.17) is 15.2 Å². The van der Waals surface area contributed by atoms with Crippen LogP contribution in [0.3, 0.4) is 0 Å². The number of carbonyl (C=O) groups is 1. The highest BCUT2D eigenvalue weighted by Crippen LogP contribution is 2.28. The van der Waals surface area contributed by atoms with Crippen LogP contribution >= 0.6 is 11.8 Å². The van der Waals surface area contributed by atoms with E-state index in [1.54, 1.807) is 36.5 Å². The fraction of sp³-hybridized carbons (Fsp3) is 0.125. The van der Waals surface area contributed by atoms with Gasteiger partial charge in [-0.1, -0.05) is 59.8 Å². The number of benzene rings is 3. The third kappa shape index (κ3) is 6.72. The molecule has 0 aromatic heterocycles. The summed E-state index contributed by atoms with van der Waals surface area (Å²) in [6, 6.07) is 22.3. The monoisotopic (exact) mass is 433 g/mol. The average Bonchev–Trinajstić information content (AvgIpc) is 2.79. The molecule has 0 amide bonds. The van der Waals surface area contributed by atoms with Crippen molar-refractivity contribution < 1.29 is 14.3 Å². The molecule has 0 aliphatic carbocycles. The topological polar surface area (TPSA) is 86.3 Å². The zero-order valence-electron chi connectivity index (χ0n) is 17.3. The molecule has 0 radical (unpaired) electrons. The predicted octanol–water partition coefficient (Wildman–Crippen LogP) is 4.80. The van der Waals surface area contributed by atoms with Gasteiger partial charge in [0.25, 0.3) is 0 Å². The third-order valence-electron chi connectivity index (χ3n) is 4.27. The van der Waals surface area contributed by atoms with Crippen LogP contribution in [0.5, 0.6) is 11.5 Å². The quantitative estimate of drug-likeness (QED) is 0.190. The molecule has 2 N–H and O–H groups in total. The summed E-state index contributed by atoms with van der Waals surface area (Å²) in [7, 11) is 1.51. The molecule has 0 aliphatic heterocycles. The number of nitrogens with two attached hydrogens (primary N) is 1. The molecule has 0 saturated heterocycles. The zero-order valence-corrected chi connectivity index (χ0v) is 18.1. The first-order valence-electron chi connectivity index (χ1n) is 9.55. The molecule has 0 aliphatic rings. The summed E-state index contributed by atoms with van der Waals surface area (Å²) < 4.78 is 10.8.